The SMILES string of the molecule is Cc1onc(-c2ccc(N(C)C)cc2)c1Cc1ccc(S(N)(=O)=O)cc1. The van der Waals surface area contributed by atoms with Crippen molar-refractivity contribution in [2.75, 3.05) is 19.0 Å². The van der Waals surface area contributed by atoms with Crippen LogP contribution in [0.1, 0.15) is 16.9 Å². The van der Waals surface area contributed by atoms with Gasteiger partial charge in [0.25, 0.3) is 0 Å². The first-order chi connectivity index (χ1) is 12.3. The molecule has 0 saturated heterocycles. The Kier molecular flexibility index (Phi) is 4.84. The Hall–Kier alpha value is -2.64. The van der Waals surface area contributed by atoms with Crippen LogP contribution in [-0.2, 0) is 16.4 Å². The number of anilines is 1. The first kappa shape index (κ1) is 18.2. The highest BCUT2D eigenvalue weighted by atomic mass is 32.2. The fourth-order valence-electron chi connectivity index (χ4n) is 2.74. The van der Waals surface area contributed by atoms with Gasteiger partial charge in [0.1, 0.15) is 11.5 Å². The molecule has 3 aromatic rings. The van der Waals surface area contributed by atoms with Gasteiger partial charge >= 0.3 is 0 Å². The smallest absolute Gasteiger partial charge is 0.238 e. The molecule has 136 valence electrons. The first-order valence-corrected chi connectivity index (χ1v) is 9.65. The second kappa shape index (κ2) is 6.93. The Morgan fingerprint density at radius 3 is 2.19 bits per heavy atom. The molecule has 0 aliphatic heterocycles. The zero-order valence-electron chi connectivity index (χ0n) is 14.9. The molecule has 0 bridgehead atoms. The number of rotatable bonds is 5. The summed E-state index contributed by atoms with van der Waals surface area (Å²) < 4.78 is 28.2. The number of primary sulfonamides is 1. The lowest BCUT2D eigenvalue weighted by Gasteiger charge is -2.12. The van der Waals surface area contributed by atoms with Gasteiger partial charge in [0.15, 0.2) is 0 Å². The maximum Gasteiger partial charge on any atom is 0.238 e. The number of hydrogen-bond donors (Lipinski definition) is 1. The number of nitrogens with two attached hydrogens (primary N) is 1. The summed E-state index contributed by atoms with van der Waals surface area (Å²) >= 11 is 0. The molecule has 26 heavy (non-hydrogen) atoms. The van der Waals surface area contributed by atoms with Crippen LogP contribution in [0.2, 0.25) is 0 Å². The van der Waals surface area contributed by atoms with Crippen LogP contribution in [0.3, 0.4) is 0 Å². The lowest BCUT2D eigenvalue weighted by Crippen LogP contribution is -2.11. The Balaban J connectivity index is 1.91. The van der Waals surface area contributed by atoms with Crippen LogP contribution in [0.15, 0.2) is 57.9 Å². The minimum absolute atomic E-state index is 0.0998. The van der Waals surface area contributed by atoms with E-state index in [-0.39, 0.29) is 4.90 Å². The Morgan fingerprint density at radius 2 is 1.65 bits per heavy atom. The molecule has 0 radical (unpaired) electrons. The lowest BCUT2D eigenvalue weighted by atomic mass is 9.99. The van der Waals surface area contributed by atoms with E-state index in [1.807, 2.05) is 50.2 Å². The largest absolute Gasteiger partial charge is 0.378 e. The number of aromatic nitrogens is 1. The van der Waals surface area contributed by atoms with Crippen LogP contribution in [0, 0.1) is 6.92 Å². The molecule has 3 rings (SSSR count). The van der Waals surface area contributed by atoms with Gasteiger partial charge in [-0.15, -0.1) is 0 Å². The van der Waals surface area contributed by atoms with E-state index in [4.69, 9.17) is 9.66 Å². The van der Waals surface area contributed by atoms with Crippen LogP contribution < -0.4 is 10.0 Å². The van der Waals surface area contributed by atoms with E-state index in [1.165, 1.54) is 12.1 Å². The third-order valence-corrected chi connectivity index (χ3v) is 5.20. The molecule has 2 aromatic carbocycles. The highest BCUT2D eigenvalue weighted by Gasteiger charge is 2.16. The monoisotopic (exact) mass is 371 g/mol. The van der Waals surface area contributed by atoms with Gasteiger partial charge in [-0.2, -0.15) is 0 Å². The maximum atomic E-state index is 11.4. The van der Waals surface area contributed by atoms with Crippen molar-refractivity contribution >= 4 is 15.7 Å². The van der Waals surface area contributed by atoms with E-state index in [0.29, 0.717) is 6.42 Å². The molecule has 0 aliphatic rings. The molecule has 0 atom stereocenters. The Morgan fingerprint density at radius 1 is 1.04 bits per heavy atom. The molecule has 0 fully saturated rings. The van der Waals surface area contributed by atoms with E-state index in [9.17, 15) is 8.42 Å². The summed E-state index contributed by atoms with van der Waals surface area (Å²) in [6.45, 7) is 1.87. The fraction of sp³-hybridized carbons (Fsp3) is 0.211. The number of aryl methyl sites for hydroxylation is 1. The van der Waals surface area contributed by atoms with Crippen molar-refractivity contribution in [3.63, 3.8) is 0 Å². The molecule has 6 nitrogen and oxygen atoms in total. The zero-order valence-corrected chi connectivity index (χ0v) is 15.7. The topological polar surface area (TPSA) is 89.4 Å². The van der Waals surface area contributed by atoms with Crippen molar-refractivity contribution in [2.45, 2.75) is 18.2 Å². The van der Waals surface area contributed by atoms with E-state index in [2.05, 4.69) is 5.16 Å². The summed E-state index contributed by atoms with van der Waals surface area (Å²) in [6.07, 6.45) is 0.588. The Bertz CT molecular complexity index is 1010. The predicted octanol–water partition coefficient (Wildman–Crippen LogP) is 2.95. The van der Waals surface area contributed by atoms with Gasteiger partial charge in [-0.05, 0) is 36.8 Å². The van der Waals surface area contributed by atoms with Crippen molar-refractivity contribution in [3.05, 3.63) is 65.4 Å². The van der Waals surface area contributed by atoms with Gasteiger partial charge in [-0.3, -0.25) is 0 Å². The molecule has 0 amide bonds. The number of sulfonamides is 1. The van der Waals surface area contributed by atoms with Gasteiger partial charge in [0.05, 0.1) is 4.90 Å². The predicted molar refractivity (Wildman–Crippen MR) is 102 cm³/mol. The Labute approximate surface area is 153 Å². The van der Waals surface area contributed by atoms with Crippen LogP contribution >= 0.6 is 0 Å². The molecule has 0 spiro atoms. The number of benzene rings is 2. The van der Waals surface area contributed by atoms with Crippen molar-refractivity contribution in [3.8, 4) is 11.3 Å². The third kappa shape index (κ3) is 3.79. The molecular weight excluding hydrogens is 350 g/mol. The van der Waals surface area contributed by atoms with Crippen molar-refractivity contribution < 1.29 is 12.9 Å². The first-order valence-electron chi connectivity index (χ1n) is 8.10. The van der Waals surface area contributed by atoms with Crippen LogP contribution in [0.25, 0.3) is 11.3 Å². The van der Waals surface area contributed by atoms with Crippen LogP contribution in [0.4, 0.5) is 5.69 Å². The normalized spacial score (nSPS) is 11.5. The summed E-state index contributed by atoms with van der Waals surface area (Å²) in [5.74, 6) is 0.743. The van der Waals surface area contributed by atoms with Crippen LogP contribution in [0.5, 0.6) is 0 Å². The molecule has 0 aliphatic carbocycles. The van der Waals surface area contributed by atoms with Gasteiger partial charge in [0.2, 0.25) is 10.0 Å². The van der Waals surface area contributed by atoms with Gasteiger partial charge in [0, 0.05) is 37.3 Å². The highest BCUT2D eigenvalue weighted by Crippen LogP contribution is 2.29. The average molecular weight is 371 g/mol. The van der Waals surface area contributed by atoms with E-state index in [0.717, 1.165) is 33.8 Å². The molecule has 1 heterocycles. The zero-order chi connectivity index (χ0) is 18.9. The second-order valence-corrected chi connectivity index (χ2v) is 7.93. The van der Waals surface area contributed by atoms with Gasteiger partial charge < -0.3 is 9.42 Å². The summed E-state index contributed by atoms with van der Waals surface area (Å²) in [6, 6.07) is 14.6. The second-order valence-electron chi connectivity index (χ2n) is 6.37. The molecular formula is C19H21N3O3S. The fourth-order valence-corrected chi connectivity index (χ4v) is 3.26. The van der Waals surface area contributed by atoms with Crippen molar-refractivity contribution in [1.29, 1.82) is 0 Å². The van der Waals surface area contributed by atoms with E-state index >= 15 is 0 Å². The molecule has 0 saturated carbocycles. The summed E-state index contributed by atoms with van der Waals surface area (Å²) in [5.41, 5.74) is 4.81. The minimum Gasteiger partial charge on any atom is -0.378 e. The maximum absolute atomic E-state index is 11.4. The van der Waals surface area contributed by atoms with Crippen molar-refractivity contribution in [1.82, 2.24) is 5.16 Å². The van der Waals surface area contributed by atoms with Gasteiger partial charge in [-0.25, -0.2) is 13.6 Å². The van der Waals surface area contributed by atoms with E-state index < -0.39 is 10.0 Å². The third-order valence-electron chi connectivity index (χ3n) is 4.27. The van der Waals surface area contributed by atoms with Crippen molar-refractivity contribution in [2.24, 2.45) is 5.14 Å². The minimum atomic E-state index is -3.69. The summed E-state index contributed by atoms with van der Waals surface area (Å²) in [4.78, 5) is 2.13. The van der Waals surface area contributed by atoms with E-state index in [1.54, 1.807) is 12.1 Å². The number of nitrogens with zero attached hydrogens (tertiary/aromatic N) is 2. The average Bonchev–Trinajstić information content (AvgIpc) is 2.95. The van der Waals surface area contributed by atoms with Gasteiger partial charge in [-0.1, -0.05) is 29.4 Å². The highest BCUT2D eigenvalue weighted by molar-refractivity contribution is 7.89. The summed E-state index contributed by atoms with van der Waals surface area (Å²) in [5, 5.41) is 9.35. The molecule has 7 heteroatoms. The summed E-state index contributed by atoms with van der Waals surface area (Å²) in [7, 11) is 0.297. The molecule has 1 aromatic heterocycles. The standard InChI is InChI=1S/C19H21N3O3S/c1-13-18(12-14-4-10-17(11-5-14)26(20,23)24)19(21-25-13)15-6-8-16(9-7-15)22(2)3/h4-11H,12H2,1-3H3,(H2,20,23,24). The number of hydrogen-bond acceptors (Lipinski definition) is 5. The van der Waals surface area contributed by atoms with Crippen LogP contribution in [-0.4, -0.2) is 27.7 Å². The lowest BCUT2D eigenvalue weighted by molar-refractivity contribution is 0.398. The molecule has 2 N–H and O–H groups in total. The quantitative estimate of drug-likeness (QED) is 0.745. The molecule has 0 unspecified atom stereocenters.